The zero-order valence-corrected chi connectivity index (χ0v) is 13.5. The van der Waals surface area contributed by atoms with Gasteiger partial charge in [0, 0.05) is 11.5 Å². The van der Waals surface area contributed by atoms with E-state index in [1.807, 2.05) is 0 Å². The molecule has 7 nitrogen and oxygen atoms in total. The lowest BCUT2D eigenvalue weighted by atomic mass is 10.1. The highest BCUT2D eigenvalue weighted by molar-refractivity contribution is 7.85. The Bertz CT molecular complexity index is 1060. The fourth-order valence-electron chi connectivity index (χ4n) is 2.53. The molecule has 3 aromatic carbocycles. The lowest BCUT2D eigenvalue weighted by Crippen LogP contribution is -2.23. The van der Waals surface area contributed by atoms with Crippen molar-refractivity contribution in [1.29, 1.82) is 0 Å². The Labute approximate surface area is 143 Å². The molecule has 0 saturated heterocycles. The van der Waals surface area contributed by atoms with E-state index >= 15 is 0 Å². The van der Waals surface area contributed by atoms with Crippen molar-refractivity contribution in [3.05, 3.63) is 60.7 Å². The van der Waals surface area contributed by atoms with E-state index in [2.05, 4.69) is 0 Å². The van der Waals surface area contributed by atoms with Gasteiger partial charge in [-0.2, -0.15) is 8.42 Å². The quantitative estimate of drug-likeness (QED) is 0.615. The molecule has 0 fully saturated rings. The maximum absolute atomic E-state index is 11.7. The first kappa shape index (κ1) is 16.7. The van der Waals surface area contributed by atoms with Gasteiger partial charge in [0.2, 0.25) is 0 Å². The van der Waals surface area contributed by atoms with E-state index in [4.69, 9.17) is 4.55 Å². The van der Waals surface area contributed by atoms with E-state index in [9.17, 15) is 23.4 Å². The molecular weight excluding hydrogens is 346 g/mol. The first-order valence-corrected chi connectivity index (χ1v) is 8.54. The Kier molecular flexibility index (Phi) is 4.07. The number of hydrogen-bond donors (Lipinski definition) is 3. The van der Waals surface area contributed by atoms with Crippen LogP contribution in [-0.4, -0.2) is 29.3 Å². The molecule has 0 aliphatic heterocycles. The molecular formula is C17H13NO6S. The van der Waals surface area contributed by atoms with Crippen molar-refractivity contribution in [1.82, 2.24) is 0 Å². The van der Waals surface area contributed by atoms with Crippen LogP contribution in [0.15, 0.2) is 65.6 Å². The number of nitrogens with zero attached hydrogens (tertiary/aromatic N) is 1. The number of phenolic OH excluding ortho intramolecular Hbond substituents is 1. The Balaban J connectivity index is 2.18. The highest BCUT2D eigenvalue weighted by atomic mass is 32.2. The Morgan fingerprint density at radius 3 is 2.20 bits per heavy atom. The van der Waals surface area contributed by atoms with Crippen LogP contribution in [0.4, 0.5) is 16.2 Å². The summed E-state index contributed by atoms with van der Waals surface area (Å²) in [6, 6.07) is 14.9. The van der Waals surface area contributed by atoms with Gasteiger partial charge in [-0.25, -0.2) is 9.69 Å². The number of benzene rings is 3. The van der Waals surface area contributed by atoms with Gasteiger partial charge in [0.15, 0.2) is 0 Å². The standard InChI is InChI=1S/C17H13NO6S/c19-16-10-14(25(22,23)24)8-11-6-7-13(9-15(11)16)18(17(20)21)12-4-2-1-3-5-12/h1-10,19H,(H,20,21)(H,22,23,24). The van der Waals surface area contributed by atoms with E-state index in [1.54, 1.807) is 30.3 Å². The number of fused-ring (bicyclic) bond motifs is 1. The van der Waals surface area contributed by atoms with Crippen molar-refractivity contribution >= 4 is 38.4 Å². The van der Waals surface area contributed by atoms with Gasteiger partial charge in [0.1, 0.15) is 5.75 Å². The highest BCUT2D eigenvalue weighted by Gasteiger charge is 2.19. The van der Waals surface area contributed by atoms with Crippen molar-refractivity contribution in [2.75, 3.05) is 4.90 Å². The monoisotopic (exact) mass is 359 g/mol. The first-order valence-electron chi connectivity index (χ1n) is 7.10. The summed E-state index contributed by atoms with van der Waals surface area (Å²) in [7, 11) is -4.46. The average molecular weight is 359 g/mol. The third-order valence-corrected chi connectivity index (χ3v) is 4.48. The number of anilines is 2. The summed E-state index contributed by atoms with van der Waals surface area (Å²) in [6.45, 7) is 0. The average Bonchev–Trinajstić information content (AvgIpc) is 2.55. The summed E-state index contributed by atoms with van der Waals surface area (Å²) >= 11 is 0. The second kappa shape index (κ2) is 6.08. The molecule has 128 valence electrons. The van der Waals surface area contributed by atoms with Gasteiger partial charge < -0.3 is 10.2 Å². The Morgan fingerprint density at radius 1 is 0.920 bits per heavy atom. The predicted molar refractivity (Wildman–Crippen MR) is 92.0 cm³/mol. The predicted octanol–water partition coefficient (Wildman–Crippen LogP) is 3.61. The summed E-state index contributed by atoms with van der Waals surface area (Å²) in [4.78, 5) is 12.3. The van der Waals surface area contributed by atoms with Gasteiger partial charge in [-0.15, -0.1) is 0 Å². The second-order valence-corrected chi connectivity index (χ2v) is 6.70. The molecule has 0 aliphatic rings. The van der Waals surface area contributed by atoms with Crippen LogP contribution >= 0.6 is 0 Å². The van der Waals surface area contributed by atoms with Crippen molar-refractivity contribution in [2.24, 2.45) is 0 Å². The molecule has 0 radical (unpaired) electrons. The third-order valence-electron chi connectivity index (χ3n) is 3.65. The van der Waals surface area contributed by atoms with Crippen molar-refractivity contribution in [3.8, 4) is 5.75 Å². The molecule has 0 heterocycles. The molecule has 0 unspecified atom stereocenters. The molecule has 25 heavy (non-hydrogen) atoms. The number of rotatable bonds is 3. The number of aromatic hydroxyl groups is 1. The molecule has 0 aromatic heterocycles. The molecule has 3 rings (SSSR count). The molecule has 1 amide bonds. The van der Waals surface area contributed by atoms with Gasteiger partial charge in [0.25, 0.3) is 10.1 Å². The van der Waals surface area contributed by atoms with E-state index in [0.29, 0.717) is 11.1 Å². The third kappa shape index (κ3) is 3.25. The van der Waals surface area contributed by atoms with Gasteiger partial charge in [-0.3, -0.25) is 4.55 Å². The Morgan fingerprint density at radius 2 is 1.60 bits per heavy atom. The van der Waals surface area contributed by atoms with Crippen molar-refractivity contribution < 1.29 is 28.0 Å². The molecule has 0 aliphatic carbocycles. The first-order chi connectivity index (χ1) is 11.8. The van der Waals surface area contributed by atoms with E-state index < -0.39 is 21.1 Å². The lowest BCUT2D eigenvalue weighted by molar-refractivity contribution is 0.205. The van der Waals surface area contributed by atoms with Gasteiger partial charge in [-0.05, 0) is 35.7 Å². The SMILES string of the molecule is O=C(O)N(c1ccccc1)c1ccc2cc(S(=O)(=O)O)cc(O)c2c1. The summed E-state index contributed by atoms with van der Waals surface area (Å²) in [5.41, 5.74) is 0.699. The van der Waals surface area contributed by atoms with Crippen LogP contribution in [-0.2, 0) is 10.1 Å². The van der Waals surface area contributed by atoms with E-state index in [0.717, 1.165) is 11.0 Å². The minimum atomic E-state index is -4.46. The fraction of sp³-hybridized carbons (Fsp3) is 0. The number of hydrogen-bond acceptors (Lipinski definition) is 4. The van der Waals surface area contributed by atoms with Gasteiger partial charge >= 0.3 is 6.09 Å². The topological polar surface area (TPSA) is 115 Å². The van der Waals surface area contributed by atoms with E-state index in [-0.39, 0.29) is 16.8 Å². The van der Waals surface area contributed by atoms with Gasteiger partial charge in [-0.1, -0.05) is 24.3 Å². The molecule has 0 bridgehead atoms. The van der Waals surface area contributed by atoms with E-state index in [1.165, 1.54) is 24.3 Å². The van der Waals surface area contributed by atoms with Crippen LogP contribution in [0, 0.1) is 0 Å². The molecule has 3 aromatic rings. The van der Waals surface area contributed by atoms with Crippen LogP contribution in [0.1, 0.15) is 0 Å². The number of carbonyl (C=O) groups is 1. The fourth-order valence-corrected chi connectivity index (χ4v) is 3.07. The lowest BCUT2D eigenvalue weighted by Gasteiger charge is -2.20. The van der Waals surface area contributed by atoms with Crippen LogP contribution in [0.2, 0.25) is 0 Å². The number of phenols is 1. The maximum Gasteiger partial charge on any atom is 0.416 e. The number of carboxylic acid groups (broad SMARTS) is 1. The minimum absolute atomic E-state index is 0.257. The Hall–Kier alpha value is -3.10. The second-order valence-electron chi connectivity index (χ2n) is 5.28. The van der Waals surface area contributed by atoms with Crippen LogP contribution in [0.3, 0.4) is 0 Å². The summed E-state index contributed by atoms with van der Waals surface area (Å²) in [6.07, 6.45) is -1.21. The van der Waals surface area contributed by atoms with Crippen LogP contribution < -0.4 is 4.90 Å². The molecule has 8 heteroatoms. The zero-order valence-electron chi connectivity index (χ0n) is 12.7. The molecule has 0 spiro atoms. The maximum atomic E-state index is 11.7. The summed E-state index contributed by atoms with van der Waals surface area (Å²) in [5.74, 6) is -0.384. The highest BCUT2D eigenvalue weighted by Crippen LogP contribution is 2.34. The zero-order chi connectivity index (χ0) is 18.2. The van der Waals surface area contributed by atoms with Gasteiger partial charge in [0.05, 0.1) is 16.3 Å². The van der Waals surface area contributed by atoms with Crippen molar-refractivity contribution in [3.63, 3.8) is 0 Å². The largest absolute Gasteiger partial charge is 0.507 e. The van der Waals surface area contributed by atoms with Crippen LogP contribution in [0.5, 0.6) is 5.75 Å². The number of para-hydroxylation sites is 1. The molecule has 0 atom stereocenters. The molecule has 3 N–H and O–H groups in total. The smallest absolute Gasteiger partial charge is 0.416 e. The summed E-state index contributed by atoms with van der Waals surface area (Å²) in [5, 5.41) is 20.2. The minimum Gasteiger partial charge on any atom is -0.507 e. The van der Waals surface area contributed by atoms with Crippen molar-refractivity contribution in [2.45, 2.75) is 4.90 Å². The molecule has 0 saturated carbocycles. The summed E-state index contributed by atoms with van der Waals surface area (Å²) < 4.78 is 31.6. The normalized spacial score (nSPS) is 11.4. The number of amides is 1. The van der Waals surface area contributed by atoms with Crippen LogP contribution in [0.25, 0.3) is 10.8 Å².